The van der Waals surface area contributed by atoms with Gasteiger partial charge in [-0.15, -0.1) is 0 Å². The fourth-order valence-electron chi connectivity index (χ4n) is 3.44. The van der Waals surface area contributed by atoms with Crippen molar-refractivity contribution in [1.29, 1.82) is 0 Å². The summed E-state index contributed by atoms with van der Waals surface area (Å²) in [7, 11) is 0. The summed E-state index contributed by atoms with van der Waals surface area (Å²) in [6.45, 7) is 4.00. The average Bonchev–Trinajstić information content (AvgIpc) is 3.09. The predicted octanol–water partition coefficient (Wildman–Crippen LogP) is 3.29. The number of aryl methyl sites for hydroxylation is 2. The molecular formula is C23H21N5O2. The van der Waals surface area contributed by atoms with Crippen LogP contribution in [0.3, 0.4) is 0 Å². The molecule has 0 unspecified atom stereocenters. The molecule has 7 heteroatoms. The molecule has 3 heterocycles. The van der Waals surface area contributed by atoms with Crippen LogP contribution >= 0.6 is 0 Å². The van der Waals surface area contributed by atoms with E-state index in [4.69, 9.17) is 5.73 Å². The van der Waals surface area contributed by atoms with E-state index in [0.717, 1.165) is 27.9 Å². The largest absolute Gasteiger partial charge is 0.366 e. The third kappa shape index (κ3) is 4.05. The highest BCUT2D eigenvalue weighted by molar-refractivity contribution is 5.93. The van der Waals surface area contributed by atoms with Crippen LogP contribution in [0.4, 0.5) is 5.82 Å². The Balaban J connectivity index is 1.48. The van der Waals surface area contributed by atoms with Gasteiger partial charge in [-0.05, 0) is 60.4 Å². The Labute approximate surface area is 173 Å². The van der Waals surface area contributed by atoms with Crippen molar-refractivity contribution in [3.8, 4) is 11.1 Å². The van der Waals surface area contributed by atoms with Gasteiger partial charge in [0.1, 0.15) is 5.65 Å². The number of aromatic nitrogens is 3. The SMILES string of the molecule is Cc1cc(-c2ccc(CC(=O)Nc3cn4cc(C(N)=O)ccc4n3)cc2C)ccn1. The van der Waals surface area contributed by atoms with Crippen molar-refractivity contribution in [1.82, 2.24) is 14.4 Å². The lowest BCUT2D eigenvalue weighted by atomic mass is 9.97. The molecule has 0 aliphatic carbocycles. The summed E-state index contributed by atoms with van der Waals surface area (Å²) < 4.78 is 1.66. The van der Waals surface area contributed by atoms with Crippen LogP contribution in [0.15, 0.2) is 61.1 Å². The lowest BCUT2D eigenvalue weighted by molar-refractivity contribution is -0.115. The summed E-state index contributed by atoms with van der Waals surface area (Å²) in [6, 6.07) is 13.3. The normalized spacial score (nSPS) is 10.9. The summed E-state index contributed by atoms with van der Waals surface area (Å²) in [5.74, 6) is -0.264. The van der Waals surface area contributed by atoms with Crippen molar-refractivity contribution in [2.45, 2.75) is 20.3 Å². The number of nitrogens with zero attached hydrogens (tertiary/aromatic N) is 3. The lowest BCUT2D eigenvalue weighted by Crippen LogP contribution is -2.14. The van der Waals surface area contributed by atoms with Gasteiger partial charge < -0.3 is 15.5 Å². The van der Waals surface area contributed by atoms with Crippen LogP contribution in [0.1, 0.15) is 27.2 Å². The fraction of sp³-hybridized carbons (Fsp3) is 0.130. The summed E-state index contributed by atoms with van der Waals surface area (Å²) in [5.41, 5.74) is 11.5. The fourth-order valence-corrected chi connectivity index (χ4v) is 3.44. The zero-order valence-corrected chi connectivity index (χ0v) is 16.7. The Hall–Kier alpha value is -4.00. The number of hydrogen-bond acceptors (Lipinski definition) is 4. The first-order valence-electron chi connectivity index (χ1n) is 9.50. The second-order valence-electron chi connectivity index (χ2n) is 7.23. The molecule has 30 heavy (non-hydrogen) atoms. The highest BCUT2D eigenvalue weighted by atomic mass is 16.2. The van der Waals surface area contributed by atoms with Crippen LogP contribution in [0.2, 0.25) is 0 Å². The molecule has 0 aliphatic rings. The number of nitrogens with two attached hydrogens (primary N) is 1. The molecule has 0 fully saturated rings. The zero-order valence-electron chi connectivity index (χ0n) is 16.7. The number of nitrogens with one attached hydrogen (secondary N) is 1. The molecule has 3 N–H and O–H groups in total. The average molecular weight is 399 g/mol. The molecule has 0 bridgehead atoms. The van der Waals surface area contributed by atoms with E-state index < -0.39 is 5.91 Å². The summed E-state index contributed by atoms with van der Waals surface area (Å²) in [5, 5.41) is 2.81. The topological polar surface area (TPSA) is 102 Å². The maximum atomic E-state index is 12.5. The molecular weight excluding hydrogens is 378 g/mol. The van der Waals surface area contributed by atoms with Crippen LogP contribution in [0.25, 0.3) is 16.8 Å². The van der Waals surface area contributed by atoms with E-state index in [1.165, 1.54) is 0 Å². The minimum Gasteiger partial charge on any atom is -0.366 e. The van der Waals surface area contributed by atoms with E-state index in [1.54, 1.807) is 35.1 Å². The van der Waals surface area contributed by atoms with Crippen molar-refractivity contribution in [3.63, 3.8) is 0 Å². The van der Waals surface area contributed by atoms with Crippen molar-refractivity contribution in [3.05, 3.63) is 83.4 Å². The molecule has 0 atom stereocenters. The number of anilines is 1. The maximum Gasteiger partial charge on any atom is 0.250 e. The van der Waals surface area contributed by atoms with E-state index in [1.807, 2.05) is 44.2 Å². The monoisotopic (exact) mass is 399 g/mol. The molecule has 4 aromatic rings. The van der Waals surface area contributed by atoms with Crippen molar-refractivity contribution in [2.75, 3.05) is 5.32 Å². The number of pyridine rings is 2. The highest BCUT2D eigenvalue weighted by Crippen LogP contribution is 2.24. The molecule has 0 radical (unpaired) electrons. The third-order valence-electron chi connectivity index (χ3n) is 4.87. The van der Waals surface area contributed by atoms with Gasteiger partial charge in [0.05, 0.1) is 18.2 Å². The Morgan fingerprint density at radius 1 is 1.07 bits per heavy atom. The van der Waals surface area contributed by atoms with Gasteiger partial charge in [0, 0.05) is 18.1 Å². The van der Waals surface area contributed by atoms with Gasteiger partial charge >= 0.3 is 0 Å². The Morgan fingerprint density at radius 3 is 2.63 bits per heavy atom. The molecule has 7 nitrogen and oxygen atoms in total. The van der Waals surface area contributed by atoms with Crippen LogP contribution in [0.5, 0.6) is 0 Å². The van der Waals surface area contributed by atoms with E-state index in [0.29, 0.717) is 17.0 Å². The second kappa shape index (κ2) is 7.79. The number of primary amides is 1. The molecule has 1 aromatic carbocycles. The highest BCUT2D eigenvalue weighted by Gasteiger charge is 2.10. The molecule has 0 aliphatic heterocycles. The number of benzene rings is 1. The van der Waals surface area contributed by atoms with Gasteiger partial charge in [-0.25, -0.2) is 4.98 Å². The molecule has 3 aromatic heterocycles. The van der Waals surface area contributed by atoms with Crippen molar-refractivity contribution < 1.29 is 9.59 Å². The standard InChI is InChI=1S/C23H21N5O2/c1-14-9-16(3-5-19(14)17-7-8-25-15(2)10-17)11-22(29)27-20-13-28-12-18(23(24)30)4-6-21(28)26-20/h3-10,12-13H,11H2,1-2H3,(H2,24,30)(H,27,29). The lowest BCUT2D eigenvalue weighted by Gasteiger charge is -2.09. The molecule has 2 amide bonds. The molecule has 0 saturated carbocycles. The Kier molecular flexibility index (Phi) is 5.02. The van der Waals surface area contributed by atoms with Crippen LogP contribution in [-0.2, 0) is 11.2 Å². The molecule has 0 saturated heterocycles. The smallest absolute Gasteiger partial charge is 0.250 e. The van der Waals surface area contributed by atoms with Gasteiger partial charge in [-0.1, -0.05) is 18.2 Å². The van der Waals surface area contributed by atoms with Gasteiger partial charge in [-0.2, -0.15) is 0 Å². The van der Waals surface area contributed by atoms with E-state index in [9.17, 15) is 9.59 Å². The van der Waals surface area contributed by atoms with Crippen molar-refractivity contribution >= 4 is 23.3 Å². The van der Waals surface area contributed by atoms with Gasteiger partial charge in [0.25, 0.3) is 0 Å². The number of fused-ring (bicyclic) bond motifs is 1. The number of hydrogen-bond donors (Lipinski definition) is 2. The number of carbonyl (C=O) groups excluding carboxylic acids is 2. The summed E-state index contributed by atoms with van der Waals surface area (Å²) in [6.07, 6.45) is 5.27. The number of amides is 2. The quantitative estimate of drug-likeness (QED) is 0.537. The Morgan fingerprint density at radius 2 is 1.90 bits per heavy atom. The van der Waals surface area contributed by atoms with Gasteiger partial charge in [0.15, 0.2) is 5.82 Å². The van der Waals surface area contributed by atoms with Crippen LogP contribution in [0, 0.1) is 13.8 Å². The van der Waals surface area contributed by atoms with Crippen LogP contribution < -0.4 is 11.1 Å². The first-order valence-corrected chi connectivity index (χ1v) is 9.50. The van der Waals surface area contributed by atoms with Crippen LogP contribution in [-0.4, -0.2) is 26.2 Å². The number of imidazole rings is 1. The third-order valence-corrected chi connectivity index (χ3v) is 4.87. The predicted molar refractivity (Wildman–Crippen MR) is 115 cm³/mol. The molecule has 150 valence electrons. The zero-order chi connectivity index (χ0) is 21.3. The second-order valence-corrected chi connectivity index (χ2v) is 7.23. The van der Waals surface area contributed by atoms with Gasteiger partial charge in [0.2, 0.25) is 11.8 Å². The van der Waals surface area contributed by atoms with E-state index in [-0.39, 0.29) is 12.3 Å². The Bertz CT molecular complexity index is 1280. The van der Waals surface area contributed by atoms with Gasteiger partial charge in [-0.3, -0.25) is 14.6 Å². The first-order chi connectivity index (χ1) is 14.4. The minimum atomic E-state index is -0.517. The van der Waals surface area contributed by atoms with Crippen molar-refractivity contribution in [2.24, 2.45) is 5.73 Å². The minimum absolute atomic E-state index is 0.166. The first kappa shape index (κ1) is 19.3. The number of carbonyl (C=O) groups is 2. The molecule has 0 spiro atoms. The maximum absolute atomic E-state index is 12.5. The summed E-state index contributed by atoms with van der Waals surface area (Å²) in [4.78, 5) is 32.4. The summed E-state index contributed by atoms with van der Waals surface area (Å²) >= 11 is 0. The van der Waals surface area contributed by atoms with E-state index in [2.05, 4.69) is 15.3 Å². The molecule has 4 rings (SSSR count). The van der Waals surface area contributed by atoms with E-state index >= 15 is 0 Å². The number of rotatable bonds is 5.